The largest absolute Gasteiger partial charge is 0.342 e. The zero-order valence-corrected chi connectivity index (χ0v) is 17.2. The Bertz CT molecular complexity index is 1780. The number of hydrogen-bond acceptors (Lipinski definition) is 0. The lowest BCUT2D eigenvalue weighted by Gasteiger charge is -2.09. The molecule has 2 heteroatoms. The Morgan fingerprint density at radius 2 is 1.19 bits per heavy atom. The molecule has 2 aromatic heterocycles. The van der Waals surface area contributed by atoms with Gasteiger partial charge in [0, 0.05) is 39.8 Å². The highest BCUT2D eigenvalue weighted by molar-refractivity contribution is 6.27. The van der Waals surface area contributed by atoms with Gasteiger partial charge < -0.3 is 9.13 Å². The van der Waals surface area contributed by atoms with Crippen LogP contribution in [0.4, 0.5) is 0 Å². The summed E-state index contributed by atoms with van der Waals surface area (Å²) in [5, 5.41) is 7.82. The zero-order chi connectivity index (χ0) is 20.5. The van der Waals surface area contributed by atoms with E-state index in [-0.39, 0.29) is 0 Å². The van der Waals surface area contributed by atoms with Crippen LogP contribution in [0.5, 0.6) is 0 Å². The average Bonchev–Trinajstić information content (AvgIpc) is 3.32. The molecule has 31 heavy (non-hydrogen) atoms. The van der Waals surface area contributed by atoms with E-state index in [0.29, 0.717) is 0 Å². The molecule has 0 amide bonds. The Hall–Kier alpha value is -4.04. The molecule has 0 bridgehead atoms. The molecule has 0 fully saturated rings. The average molecular weight is 396 g/mol. The molecule has 2 heterocycles. The maximum Gasteiger partial charge on any atom is 0.0785 e. The van der Waals surface area contributed by atoms with E-state index >= 15 is 0 Å². The first-order valence-corrected chi connectivity index (χ1v) is 10.7. The van der Waals surface area contributed by atoms with Crippen LogP contribution in [0.15, 0.2) is 103 Å². The third-order valence-corrected chi connectivity index (χ3v) is 6.70. The summed E-state index contributed by atoms with van der Waals surface area (Å²) in [7, 11) is 2.20. The number of para-hydroxylation sites is 2. The number of aromatic nitrogens is 2. The highest BCUT2D eigenvalue weighted by Gasteiger charge is 2.19. The maximum atomic E-state index is 2.42. The van der Waals surface area contributed by atoms with E-state index < -0.39 is 0 Å². The van der Waals surface area contributed by atoms with E-state index in [2.05, 4.69) is 119 Å². The molecule has 0 saturated carbocycles. The number of aryl methyl sites for hydroxylation is 1. The molecule has 146 valence electrons. The van der Waals surface area contributed by atoms with Gasteiger partial charge in [-0.2, -0.15) is 0 Å². The predicted octanol–water partition coefficient (Wildman–Crippen LogP) is 7.58. The van der Waals surface area contributed by atoms with E-state index in [1.165, 1.54) is 60.1 Å². The standard InChI is InChI=1S/C29H20N2/c1-30-26-18-15-19-9-5-6-12-21(19)27(26)24-17-16-23-22-13-7-8-14-25(22)31(29(23)28(24)30)20-10-3-2-4-11-20/h2-18H,1H3. The van der Waals surface area contributed by atoms with Crippen LogP contribution >= 0.6 is 0 Å². The van der Waals surface area contributed by atoms with E-state index in [0.717, 1.165) is 0 Å². The minimum Gasteiger partial charge on any atom is -0.342 e. The van der Waals surface area contributed by atoms with Crippen LogP contribution in [0.25, 0.3) is 60.1 Å². The Morgan fingerprint density at radius 1 is 0.484 bits per heavy atom. The molecule has 0 radical (unpaired) electrons. The minimum absolute atomic E-state index is 1.19. The molecular formula is C29H20N2. The lowest BCUT2D eigenvalue weighted by atomic mass is 10.0. The normalized spacial score (nSPS) is 12.0. The first-order chi connectivity index (χ1) is 15.3. The highest BCUT2D eigenvalue weighted by atomic mass is 15.0. The van der Waals surface area contributed by atoms with Gasteiger partial charge in [0.05, 0.1) is 16.6 Å². The molecule has 7 rings (SSSR count). The van der Waals surface area contributed by atoms with Gasteiger partial charge in [0.15, 0.2) is 0 Å². The van der Waals surface area contributed by atoms with Crippen LogP contribution < -0.4 is 0 Å². The number of hydrogen-bond donors (Lipinski definition) is 0. The van der Waals surface area contributed by atoms with Crippen molar-refractivity contribution in [2.24, 2.45) is 7.05 Å². The van der Waals surface area contributed by atoms with Crippen molar-refractivity contribution >= 4 is 54.4 Å². The minimum atomic E-state index is 1.19. The van der Waals surface area contributed by atoms with Gasteiger partial charge in [0.1, 0.15) is 0 Å². The van der Waals surface area contributed by atoms with E-state index in [1.807, 2.05) is 0 Å². The number of rotatable bonds is 1. The number of nitrogens with zero attached hydrogens (tertiary/aromatic N) is 2. The molecule has 7 aromatic rings. The van der Waals surface area contributed by atoms with Gasteiger partial charge in [-0.05, 0) is 35.0 Å². The van der Waals surface area contributed by atoms with Crippen molar-refractivity contribution in [1.82, 2.24) is 9.13 Å². The van der Waals surface area contributed by atoms with Crippen LogP contribution in [0.1, 0.15) is 0 Å². The molecule has 0 aliphatic heterocycles. The monoisotopic (exact) mass is 396 g/mol. The second-order valence-corrected chi connectivity index (χ2v) is 8.29. The van der Waals surface area contributed by atoms with E-state index in [4.69, 9.17) is 0 Å². The zero-order valence-electron chi connectivity index (χ0n) is 17.2. The highest BCUT2D eigenvalue weighted by Crippen LogP contribution is 2.41. The Morgan fingerprint density at radius 3 is 2.06 bits per heavy atom. The van der Waals surface area contributed by atoms with Crippen LogP contribution in [-0.4, -0.2) is 9.13 Å². The van der Waals surface area contributed by atoms with Crippen molar-refractivity contribution in [3.05, 3.63) is 103 Å². The fourth-order valence-corrected chi connectivity index (χ4v) is 5.37. The van der Waals surface area contributed by atoms with Gasteiger partial charge in [-0.1, -0.05) is 78.9 Å². The van der Waals surface area contributed by atoms with Crippen LogP contribution in [-0.2, 0) is 7.05 Å². The molecule has 0 unspecified atom stereocenters. The lowest BCUT2D eigenvalue weighted by molar-refractivity contribution is 1.01. The quantitative estimate of drug-likeness (QED) is 0.271. The summed E-state index contributed by atoms with van der Waals surface area (Å²) < 4.78 is 4.80. The first-order valence-electron chi connectivity index (χ1n) is 10.7. The number of benzene rings is 5. The van der Waals surface area contributed by atoms with Gasteiger partial charge in [-0.25, -0.2) is 0 Å². The van der Waals surface area contributed by atoms with Crippen LogP contribution in [0, 0.1) is 0 Å². The lowest BCUT2D eigenvalue weighted by Crippen LogP contribution is -1.96. The van der Waals surface area contributed by atoms with E-state index in [9.17, 15) is 0 Å². The third-order valence-electron chi connectivity index (χ3n) is 6.70. The Labute approximate surface area is 179 Å². The van der Waals surface area contributed by atoms with Gasteiger partial charge in [-0.3, -0.25) is 0 Å². The summed E-state index contributed by atoms with van der Waals surface area (Å²) in [5.74, 6) is 0. The SMILES string of the molecule is Cn1c2ccc3ccccc3c2c2ccc3c4ccccc4n(-c4ccccc4)c3c21. The smallest absolute Gasteiger partial charge is 0.0785 e. The summed E-state index contributed by atoms with van der Waals surface area (Å²) in [5.41, 5.74) is 6.25. The van der Waals surface area contributed by atoms with E-state index in [1.54, 1.807) is 0 Å². The van der Waals surface area contributed by atoms with Crippen molar-refractivity contribution in [3.8, 4) is 5.69 Å². The Kier molecular flexibility index (Phi) is 3.23. The molecule has 5 aromatic carbocycles. The molecular weight excluding hydrogens is 376 g/mol. The molecule has 0 aliphatic rings. The Balaban J connectivity index is 1.80. The van der Waals surface area contributed by atoms with Gasteiger partial charge in [-0.15, -0.1) is 0 Å². The summed E-state index contributed by atoms with van der Waals surface area (Å²) in [6.45, 7) is 0. The van der Waals surface area contributed by atoms with Crippen molar-refractivity contribution in [1.29, 1.82) is 0 Å². The molecule has 0 saturated heterocycles. The summed E-state index contributed by atoms with van der Waals surface area (Å²) >= 11 is 0. The summed E-state index contributed by atoms with van der Waals surface area (Å²) in [4.78, 5) is 0. The summed E-state index contributed by atoms with van der Waals surface area (Å²) in [6.07, 6.45) is 0. The molecule has 2 nitrogen and oxygen atoms in total. The van der Waals surface area contributed by atoms with Gasteiger partial charge >= 0.3 is 0 Å². The second-order valence-electron chi connectivity index (χ2n) is 8.29. The second kappa shape index (κ2) is 5.99. The van der Waals surface area contributed by atoms with Gasteiger partial charge in [0.25, 0.3) is 0 Å². The molecule has 0 atom stereocenters. The molecule has 0 spiro atoms. The molecule has 0 N–H and O–H groups in total. The summed E-state index contributed by atoms with van der Waals surface area (Å²) in [6, 6.07) is 37.3. The van der Waals surface area contributed by atoms with Crippen molar-refractivity contribution in [3.63, 3.8) is 0 Å². The van der Waals surface area contributed by atoms with Crippen molar-refractivity contribution < 1.29 is 0 Å². The topological polar surface area (TPSA) is 9.86 Å². The van der Waals surface area contributed by atoms with Crippen molar-refractivity contribution in [2.45, 2.75) is 0 Å². The van der Waals surface area contributed by atoms with Crippen LogP contribution in [0.3, 0.4) is 0 Å². The van der Waals surface area contributed by atoms with Crippen molar-refractivity contribution in [2.75, 3.05) is 0 Å². The van der Waals surface area contributed by atoms with Gasteiger partial charge in [0.2, 0.25) is 0 Å². The molecule has 0 aliphatic carbocycles. The fourth-order valence-electron chi connectivity index (χ4n) is 5.37. The number of fused-ring (bicyclic) bond motifs is 9. The maximum absolute atomic E-state index is 2.42. The first kappa shape index (κ1) is 16.7. The van der Waals surface area contributed by atoms with Crippen LogP contribution in [0.2, 0.25) is 0 Å². The fraction of sp³-hybridized carbons (Fsp3) is 0.0345. The third kappa shape index (κ3) is 2.11. The predicted molar refractivity (Wildman–Crippen MR) is 132 cm³/mol.